The molecule has 6 nitrogen and oxygen atoms in total. The van der Waals surface area contributed by atoms with Crippen LogP contribution in [0.2, 0.25) is 0 Å². The summed E-state index contributed by atoms with van der Waals surface area (Å²) in [6, 6.07) is 15.2. The molecule has 0 unspecified atom stereocenters. The molecule has 0 radical (unpaired) electrons. The fraction of sp³-hybridized carbons (Fsp3) is 0.150. The lowest BCUT2D eigenvalue weighted by molar-refractivity contribution is -0.138. The third-order valence-corrected chi connectivity index (χ3v) is 3.32. The van der Waals surface area contributed by atoms with Crippen molar-refractivity contribution >= 4 is 17.8 Å². The van der Waals surface area contributed by atoms with Crippen molar-refractivity contribution in [1.82, 2.24) is 5.32 Å². The highest BCUT2D eigenvalue weighted by Crippen LogP contribution is 2.15. The van der Waals surface area contributed by atoms with Gasteiger partial charge < -0.3 is 14.8 Å². The van der Waals surface area contributed by atoms with Crippen molar-refractivity contribution in [3.05, 3.63) is 77.9 Å². The monoisotopic (exact) mass is 353 g/mol. The van der Waals surface area contributed by atoms with Crippen LogP contribution < -0.4 is 10.1 Å². The summed E-state index contributed by atoms with van der Waals surface area (Å²) in [6.45, 7) is 5.12. The number of ether oxygens (including phenoxy) is 2. The van der Waals surface area contributed by atoms with Crippen molar-refractivity contribution in [2.45, 2.75) is 6.92 Å². The molecule has 0 spiro atoms. The van der Waals surface area contributed by atoms with Crippen LogP contribution in [0.4, 0.5) is 4.79 Å². The van der Waals surface area contributed by atoms with Crippen LogP contribution >= 0.6 is 0 Å². The lowest BCUT2D eigenvalue weighted by Gasteiger charge is -2.08. The number of benzene rings is 2. The quantitative estimate of drug-likeness (QED) is 0.358. The van der Waals surface area contributed by atoms with E-state index in [4.69, 9.17) is 9.47 Å². The van der Waals surface area contributed by atoms with Gasteiger partial charge in [-0.05, 0) is 31.2 Å². The molecule has 0 heterocycles. The SMILES string of the molecule is C=C(C)C(=O)OCCNC(=O)Oc1ccc(C(=O)c2ccccc2)cc1. The summed E-state index contributed by atoms with van der Waals surface area (Å²) in [5.74, 6) is -0.328. The number of esters is 1. The number of carbonyl (C=O) groups is 3. The Bertz CT molecular complexity index is 797. The van der Waals surface area contributed by atoms with Gasteiger partial charge in [-0.1, -0.05) is 36.9 Å². The van der Waals surface area contributed by atoms with Gasteiger partial charge in [-0.25, -0.2) is 9.59 Å². The Morgan fingerprint density at radius 2 is 1.58 bits per heavy atom. The Balaban J connectivity index is 1.81. The molecule has 1 N–H and O–H groups in total. The number of hydrogen-bond donors (Lipinski definition) is 1. The molecule has 2 rings (SSSR count). The topological polar surface area (TPSA) is 81.7 Å². The summed E-state index contributed by atoms with van der Waals surface area (Å²) < 4.78 is 9.93. The molecule has 134 valence electrons. The summed E-state index contributed by atoms with van der Waals surface area (Å²) >= 11 is 0. The van der Waals surface area contributed by atoms with Crippen molar-refractivity contribution in [2.75, 3.05) is 13.2 Å². The predicted octanol–water partition coefficient (Wildman–Crippen LogP) is 3.13. The number of amides is 1. The molecule has 0 aliphatic rings. The molecule has 2 aromatic rings. The Kier molecular flexibility index (Phi) is 6.68. The van der Waals surface area contributed by atoms with Crippen LogP contribution in [-0.4, -0.2) is 31.0 Å². The van der Waals surface area contributed by atoms with Gasteiger partial charge in [0.05, 0.1) is 6.54 Å². The van der Waals surface area contributed by atoms with Crippen molar-refractivity contribution in [1.29, 1.82) is 0 Å². The van der Waals surface area contributed by atoms with Gasteiger partial charge in [-0.2, -0.15) is 0 Å². The summed E-state index contributed by atoms with van der Waals surface area (Å²) in [7, 11) is 0. The number of nitrogens with one attached hydrogen (secondary N) is 1. The maximum absolute atomic E-state index is 12.3. The normalized spacial score (nSPS) is 9.88. The largest absolute Gasteiger partial charge is 0.460 e. The number of hydrogen-bond acceptors (Lipinski definition) is 5. The van der Waals surface area contributed by atoms with E-state index in [1.54, 1.807) is 36.4 Å². The first-order chi connectivity index (χ1) is 12.5. The Labute approximate surface area is 151 Å². The van der Waals surface area contributed by atoms with Crippen molar-refractivity contribution in [3.63, 3.8) is 0 Å². The number of ketones is 1. The summed E-state index contributed by atoms with van der Waals surface area (Å²) in [5.41, 5.74) is 1.37. The number of carbonyl (C=O) groups excluding carboxylic acids is 3. The van der Waals surface area contributed by atoms with Crippen molar-refractivity contribution < 1.29 is 23.9 Å². The Hall–Kier alpha value is -3.41. The van der Waals surface area contributed by atoms with E-state index in [0.29, 0.717) is 16.9 Å². The highest BCUT2D eigenvalue weighted by molar-refractivity contribution is 6.09. The predicted molar refractivity (Wildman–Crippen MR) is 96.1 cm³/mol. The molecule has 0 saturated heterocycles. The minimum atomic E-state index is -0.682. The van der Waals surface area contributed by atoms with E-state index in [2.05, 4.69) is 11.9 Å². The lowest BCUT2D eigenvalue weighted by Crippen LogP contribution is -2.30. The molecule has 0 aliphatic heterocycles. The molecule has 0 aromatic heterocycles. The molecule has 1 amide bonds. The van der Waals surface area contributed by atoms with Gasteiger partial charge in [0.15, 0.2) is 5.78 Å². The molecule has 0 atom stereocenters. The number of rotatable bonds is 7. The summed E-state index contributed by atoms with van der Waals surface area (Å²) in [4.78, 5) is 35.1. The van der Waals surface area contributed by atoms with Gasteiger partial charge in [0.25, 0.3) is 0 Å². The minimum Gasteiger partial charge on any atom is -0.460 e. The third kappa shape index (κ3) is 5.59. The second kappa shape index (κ2) is 9.17. The van der Waals surface area contributed by atoms with Gasteiger partial charge in [-0.15, -0.1) is 0 Å². The molecule has 0 saturated carbocycles. The van der Waals surface area contributed by atoms with E-state index in [-0.39, 0.29) is 24.5 Å². The van der Waals surface area contributed by atoms with Crippen molar-refractivity contribution in [2.24, 2.45) is 0 Å². The van der Waals surface area contributed by atoms with Crippen LogP contribution in [0.3, 0.4) is 0 Å². The van der Waals surface area contributed by atoms with E-state index < -0.39 is 12.1 Å². The van der Waals surface area contributed by atoms with Crippen LogP contribution in [0, 0.1) is 0 Å². The van der Waals surface area contributed by atoms with Gasteiger partial charge in [0.1, 0.15) is 12.4 Å². The van der Waals surface area contributed by atoms with E-state index in [1.165, 1.54) is 19.1 Å². The zero-order valence-corrected chi connectivity index (χ0v) is 14.4. The zero-order chi connectivity index (χ0) is 18.9. The Morgan fingerprint density at radius 3 is 2.19 bits per heavy atom. The maximum atomic E-state index is 12.3. The summed E-state index contributed by atoms with van der Waals surface area (Å²) in [6.07, 6.45) is -0.682. The fourth-order valence-electron chi connectivity index (χ4n) is 1.99. The van der Waals surface area contributed by atoms with Crippen LogP contribution in [0.1, 0.15) is 22.8 Å². The van der Waals surface area contributed by atoms with Gasteiger partial charge >= 0.3 is 12.1 Å². The third-order valence-electron chi connectivity index (χ3n) is 3.32. The van der Waals surface area contributed by atoms with Crippen molar-refractivity contribution in [3.8, 4) is 5.75 Å². The van der Waals surface area contributed by atoms with E-state index >= 15 is 0 Å². The standard InChI is InChI=1S/C20H19NO5/c1-14(2)19(23)25-13-12-21-20(24)26-17-10-8-16(9-11-17)18(22)15-6-4-3-5-7-15/h3-11H,1,12-13H2,2H3,(H,21,24). The van der Waals surface area contributed by atoms with Gasteiger partial charge in [0.2, 0.25) is 0 Å². The van der Waals surface area contributed by atoms with E-state index in [0.717, 1.165) is 0 Å². The average molecular weight is 353 g/mol. The molecule has 2 aromatic carbocycles. The molecule has 0 fully saturated rings. The first-order valence-corrected chi connectivity index (χ1v) is 7.95. The molecular weight excluding hydrogens is 334 g/mol. The molecular formula is C20H19NO5. The van der Waals surface area contributed by atoms with E-state index in [9.17, 15) is 14.4 Å². The lowest BCUT2D eigenvalue weighted by atomic mass is 10.0. The second-order valence-electron chi connectivity index (χ2n) is 5.45. The smallest absolute Gasteiger partial charge is 0.412 e. The van der Waals surface area contributed by atoms with Gasteiger partial charge in [0, 0.05) is 16.7 Å². The highest BCUT2D eigenvalue weighted by atomic mass is 16.6. The Morgan fingerprint density at radius 1 is 0.962 bits per heavy atom. The van der Waals surface area contributed by atoms with Crippen LogP contribution in [-0.2, 0) is 9.53 Å². The van der Waals surface area contributed by atoms with Crippen LogP contribution in [0.25, 0.3) is 0 Å². The summed E-state index contributed by atoms with van der Waals surface area (Å²) in [5, 5.41) is 2.45. The highest BCUT2D eigenvalue weighted by Gasteiger charge is 2.10. The first kappa shape index (κ1) is 18.9. The molecule has 6 heteroatoms. The second-order valence-corrected chi connectivity index (χ2v) is 5.45. The minimum absolute atomic E-state index is 0.0192. The van der Waals surface area contributed by atoms with Crippen LogP contribution in [0.5, 0.6) is 5.75 Å². The average Bonchev–Trinajstić information content (AvgIpc) is 2.65. The molecule has 0 aliphatic carbocycles. The molecule has 26 heavy (non-hydrogen) atoms. The maximum Gasteiger partial charge on any atom is 0.412 e. The zero-order valence-electron chi connectivity index (χ0n) is 14.4. The molecule has 0 bridgehead atoms. The fourth-order valence-corrected chi connectivity index (χ4v) is 1.99. The van der Waals surface area contributed by atoms with E-state index in [1.807, 2.05) is 6.07 Å². The van der Waals surface area contributed by atoms with Crippen LogP contribution in [0.15, 0.2) is 66.7 Å². The first-order valence-electron chi connectivity index (χ1n) is 7.95. The van der Waals surface area contributed by atoms with Gasteiger partial charge in [-0.3, -0.25) is 4.79 Å².